The Labute approximate surface area is 126 Å². The summed E-state index contributed by atoms with van der Waals surface area (Å²) < 4.78 is 10.9. The van der Waals surface area contributed by atoms with Crippen LogP contribution in [0.15, 0.2) is 35.7 Å². The molecule has 1 aliphatic rings. The minimum absolute atomic E-state index is 0.0248. The van der Waals surface area contributed by atoms with Crippen LogP contribution in [-0.4, -0.2) is 25.7 Å². The summed E-state index contributed by atoms with van der Waals surface area (Å²) in [6.07, 6.45) is 0. The number of quaternary nitrogens is 1. The molecule has 0 saturated carbocycles. The van der Waals surface area contributed by atoms with E-state index in [1.54, 1.807) is 17.4 Å². The second kappa shape index (κ2) is 6.60. The second-order valence-corrected chi connectivity index (χ2v) is 5.72. The van der Waals surface area contributed by atoms with Gasteiger partial charge in [-0.05, 0) is 23.6 Å². The summed E-state index contributed by atoms with van der Waals surface area (Å²) in [6, 6.07) is 9.53. The fourth-order valence-electron chi connectivity index (χ4n) is 2.11. The van der Waals surface area contributed by atoms with Crippen LogP contribution >= 0.6 is 11.3 Å². The zero-order valence-corrected chi connectivity index (χ0v) is 12.3. The molecule has 0 radical (unpaired) electrons. The first-order valence-electron chi connectivity index (χ1n) is 6.85. The highest BCUT2D eigenvalue weighted by Gasteiger charge is 2.13. The average Bonchev–Trinajstić information content (AvgIpc) is 3.00. The number of thiophene rings is 1. The summed E-state index contributed by atoms with van der Waals surface area (Å²) in [5.41, 5.74) is 0.730. The minimum atomic E-state index is -0.0248. The molecule has 1 aliphatic heterocycles. The molecular weight excluding hydrogens is 288 g/mol. The number of carbonyl (C=O) groups is 1. The molecule has 0 saturated heterocycles. The van der Waals surface area contributed by atoms with Gasteiger partial charge < -0.3 is 20.1 Å². The highest BCUT2D eigenvalue weighted by Crippen LogP contribution is 2.32. The number of anilines is 1. The van der Waals surface area contributed by atoms with Crippen molar-refractivity contribution in [2.24, 2.45) is 0 Å². The Kier molecular flexibility index (Phi) is 4.37. The third-order valence-corrected chi connectivity index (χ3v) is 3.98. The maximum Gasteiger partial charge on any atom is 0.279 e. The van der Waals surface area contributed by atoms with E-state index in [2.05, 4.69) is 11.4 Å². The SMILES string of the molecule is O=C(C[NH2+]Cc1cccs1)Nc1ccc2c(c1)OCCO2. The average molecular weight is 305 g/mol. The van der Waals surface area contributed by atoms with Crippen molar-refractivity contribution in [1.82, 2.24) is 0 Å². The first-order chi connectivity index (χ1) is 10.3. The van der Waals surface area contributed by atoms with E-state index in [-0.39, 0.29) is 5.91 Å². The van der Waals surface area contributed by atoms with E-state index >= 15 is 0 Å². The molecule has 0 fully saturated rings. The van der Waals surface area contributed by atoms with Crippen LogP contribution in [0, 0.1) is 0 Å². The largest absolute Gasteiger partial charge is 0.486 e. The molecule has 3 rings (SSSR count). The molecule has 0 atom stereocenters. The predicted octanol–water partition coefficient (Wildman–Crippen LogP) is 1.22. The molecule has 21 heavy (non-hydrogen) atoms. The molecule has 6 heteroatoms. The van der Waals surface area contributed by atoms with Crippen LogP contribution < -0.4 is 20.1 Å². The number of nitrogens with one attached hydrogen (secondary N) is 1. The highest BCUT2D eigenvalue weighted by molar-refractivity contribution is 7.09. The van der Waals surface area contributed by atoms with Gasteiger partial charge in [-0.3, -0.25) is 4.79 Å². The van der Waals surface area contributed by atoms with Crippen LogP contribution in [0.3, 0.4) is 0 Å². The molecule has 0 aliphatic carbocycles. The topological polar surface area (TPSA) is 64.2 Å². The summed E-state index contributed by atoms with van der Waals surface area (Å²) in [5.74, 6) is 1.38. The van der Waals surface area contributed by atoms with Gasteiger partial charge in [-0.15, -0.1) is 11.3 Å². The molecule has 1 aromatic carbocycles. The molecule has 3 N–H and O–H groups in total. The third-order valence-electron chi connectivity index (χ3n) is 3.08. The van der Waals surface area contributed by atoms with Crippen molar-refractivity contribution in [3.05, 3.63) is 40.6 Å². The van der Waals surface area contributed by atoms with Gasteiger partial charge in [0, 0.05) is 11.8 Å². The molecule has 5 nitrogen and oxygen atoms in total. The first kappa shape index (κ1) is 13.9. The number of benzene rings is 1. The number of fused-ring (bicyclic) bond motifs is 1. The number of hydrogen-bond donors (Lipinski definition) is 2. The summed E-state index contributed by atoms with van der Waals surface area (Å²) >= 11 is 1.70. The Hall–Kier alpha value is -2.05. The normalized spacial score (nSPS) is 13.0. The van der Waals surface area contributed by atoms with Gasteiger partial charge in [-0.25, -0.2) is 0 Å². The van der Waals surface area contributed by atoms with Gasteiger partial charge >= 0.3 is 0 Å². The van der Waals surface area contributed by atoms with Crippen molar-refractivity contribution in [2.45, 2.75) is 6.54 Å². The zero-order chi connectivity index (χ0) is 14.5. The van der Waals surface area contributed by atoms with Crippen molar-refractivity contribution in [2.75, 3.05) is 25.1 Å². The lowest BCUT2D eigenvalue weighted by Gasteiger charge is -2.18. The maximum atomic E-state index is 11.9. The Bertz CT molecular complexity index is 613. The van der Waals surface area contributed by atoms with Gasteiger partial charge in [0.1, 0.15) is 19.8 Å². The van der Waals surface area contributed by atoms with E-state index in [1.165, 1.54) is 4.88 Å². The molecule has 1 aromatic heterocycles. The molecule has 110 valence electrons. The van der Waals surface area contributed by atoms with Crippen molar-refractivity contribution in [3.8, 4) is 11.5 Å². The number of amides is 1. The number of carbonyl (C=O) groups excluding carboxylic acids is 1. The Morgan fingerprint density at radius 1 is 1.24 bits per heavy atom. The molecule has 1 amide bonds. The van der Waals surface area contributed by atoms with Crippen molar-refractivity contribution in [1.29, 1.82) is 0 Å². The Morgan fingerprint density at radius 3 is 2.90 bits per heavy atom. The van der Waals surface area contributed by atoms with Crippen LogP contribution in [0.5, 0.6) is 11.5 Å². The van der Waals surface area contributed by atoms with Gasteiger partial charge in [-0.2, -0.15) is 0 Å². The van der Waals surface area contributed by atoms with Gasteiger partial charge in [-0.1, -0.05) is 6.07 Å². The van der Waals surface area contributed by atoms with E-state index < -0.39 is 0 Å². The molecule has 0 unspecified atom stereocenters. The molecule has 0 bridgehead atoms. The van der Waals surface area contributed by atoms with Crippen LogP contribution in [0.1, 0.15) is 4.88 Å². The second-order valence-electron chi connectivity index (χ2n) is 4.68. The van der Waals surface area contributed by atoms with E-state index in [4.69, 9.17) is 9.47 Å². The monoisotopic (exact) mass is 305 g/mol. The number of nitrogens with two attached hydrogens (primary N) is 1. The smallest absolute Gasteiger partial charge is 0.279 e. The van der Waals surface area contributed by atoms with Crippen LogP contribution in [0.4, 0.5) is 5.69 Å². The molecule has 2 aromatic rings. The van der Waals surface area contributed by atoms with Crippen LogP contribution in [0.2, 0.25) is 0 Å². The lowest BCUT2D eigenvalue weighted by molar-refractivity contribution is -0.659. The van der Waals surface area contributed by atoms with Gasteiger partial charge in [0.15, 0.2) is 18.0 Å². The van der Waals surface area contributed by atoms with Gasteiger partial charge in [0.2, 0.25) is 0 Å². The lowest BCUT2D eigenvalue weighted by atomic mass is 10.2. The third kappa shape index (κ3) is 3.74. The van der Waals surface area contributed by atoms with Crippen molar-refractivity contribution in [3.63, 3.8) is 0 Å². The van der Waals surface area contributed by atoms with Crippen LogP contribution in [0.25, 0.3) is 0 Å². The Morgan fingerprint density at radius 2 is 2.10 bits per heavy atom. The Balaban J connectivity index is 1.50. The molecule has 2 heterocycles. The minimum Gasteiger partial charge on any atom is -0.486 e. The van der Waals surface area contributed by atoms with Crippen molar-refractivity contribution >= 4 is 22.9 Å². The lowest BCUT2D eigenvalue weighted by Crippen LogP contribution is -2.84. The summed E-state index contributed by atoms with van der Waals surface area (Å²) in [4.78, 5) is 13.2. The summed E-state index contributed by atoms with van der Waals surface area (Å²) in [7, 11) is 0. The first-order valence-corrected chi connectivity index (χ1v) is 7.73. The fourth-order valence-corrected chi connectivity index (χ4v) is 2.81. The standard InChI is InChI=1S/C15H16N2O3S/c18-15(10-16-9-12-2-1-7-21-12)17-11-3-4-13-14(8-11)20-6-5-19-13/h1-4,7-8,16H,5-6,9-10H2,(H,17,18)/p+1. The number of rotatable bonds is 5. The van der Waals surface area contributed by atoms with Crippen LogP contribution in [-0.2, 0) is 11.3 Å². The van der Waals surface area contributed by atoms with E-state index in [0.717, 1.165) is 18.0 Å². The number of hydrogen-bond acceptors (Lipinski definition) is 4. The summed E-state index contributed by atoms with van der Waals surface area (Å²) in [5, 5.41) is 6.90. The molecular formula is C15H17N2O3S+. The quantitative estimate of drug-likeness (QED) is 0.873. The fraction of sp³-hybridized carbons (Fsp3) is 0.267. The maximum absolute atomic E-state index is 11.9. The van der Waals surface area contributed by atoms with Gasteiger partial charge in [0.25, 0.3) is 5.91 Å². The van der Waals surface area contributed by atoms with Crippen molar-refractivity contribution < 1.29 is 19.6 Å². The van der Waals surface area contributed by atoms with E-state index in [0.29, 0.717) is 25.5 Å². The highest BCUT2D eigenvalue weighted by atomic mass is 32.1. The number of ether oxygens (including phenoxy) is 2. The zero-order valence-electron chi connectivity index (χ0n) is 11.5. The summed E-state index contributed by atoms with van der Waals surface area (Å²) in [6.45, 7) is 2.33. The molecule has 0 spiro atoms. The van der Waals surface area contributed by atoms with E-state index in [1.807, 2.05) is 28.9 Å². The predicted molar refractivity (Wildman–Crippen MR) is 80.9 cm³/mol. The van der Waals surface area contributed by atoms with Gasteiger partial charge in [0.05, 0.1) is 4.88 Å². The van der Waals surface area contributed by atoms with E-state index in [9.17, 15) is 4.79 Å².